The van der Waals surface area contributed by atoms with Crippen molar-refractivity contribution in [1.29, 1.82) is 10.9 Å². The van der Waals surface area contributed by atoms with Crippen LogP contribution in [-0.2, 0) is 6.54 Å². The molecule has 0 unspecified atom stereocenters. The van der Waals surface area contributed by atoms with E-state index in [-0.39, 0.29) is 5.84 Å². The fraction of sp³-hybridized carbons (Fsp3) is 0.0500. The van der Waals surface area contributed by atoms with Crippen LogP contribution in [0.5, 0.6) is 11.5 Å². The first-order valence-electron chi connectivity index (χ1n) is 7.87. The predicted molar refractivity (Wildman–Crippen MR) is 98.7 cm³/mol. The van der Waals surface area contributed by atoms with Crippen molar-refractivity contribution in [2.45, 2.75) is 6.54 Å². The summed E-state index contributed by atoms with van der Waals surface area (Å²) in [5, 5.41) is 14.1. The van der Waals surface area contributed by atoms with Crippen LogP contribution in [0.1, 0.15) is 11.1 Å². The number of hydrogen-bond acceptors (Lipinski definition) is 4. The minimum Gasteiger partial charge on any atom is -0.457 e. The molecule has 0 aromatic heterocycles. The molecule has 0 amide bonds. The Morgan fingerprint density at radius 3 is 2.44 bits per heavy atom. The highest BCUT2D eigenvalue weighted by atomic mass is 16.5. The van der Waals surface area contributed by atoms with Gasteiger partial charge in [-0.2, -0.15) is 0 Å². The Morgan fingerprint density at radius 2 is 1.64 bits per heavy atom. The smallest absolute Gasteiger partial charge is 0.173 e. The standard InChI is InChI=1S/C20H18N4O/c21-20(24-22)16-7-5-8-17(13-16)23-14-15-6-4-11-19(12-15)25-18-9-2-1-3-10-18/h1-13,21-23H,14H2. The molecule has 0 radical (unpaired) electrons. The summed E-state index contributed by atoms with van der Waals surface area (Å²) in [6.45, 7) is 0.626. The molecule has 25 heavy (non-hydrogen) atoms. The summed E-state index contributed by atoms with van der Waals surface area (Å²) in [7, 11) is 0. The number of ether oxygens (including phenoxy) is 1. The Hall–Kier alpha value is -3.47. The zero-order valence-electron chi connectivity index (χ0n) is 13.6. The molecule has 0 aliphatic carbocycles. The van der Waals surface area contributed by atoms with E-state index in [1.807, 2.05) is 72.8 Å². The molecular formula is C20H18N4O. The van der Waals surface area contributed by atoms with Crippen LogP contribution in [0.15, 0.2) is 84.0 Å². The fourth-order valence-electron chi connectivity index (χ4n) is 2.39. The summed E-state index contributed by atoms with van der Waals surface area (Å²) < 4.78 is 5.85. The highest BCUT2D eigenvalue weighted by Crippen LogP contribution is 2.22. The van der Waals surface area contributed by atoms with Gasteiger partial charge in [0.25, 0.3) is 0 Å². The lowest BCUT2D eigenvalue weighted by molar-refractivity contribution is 0.482. The molecule has 0 heterocycles. The average Bonchev–Trinajstić information content (AvgIpc) is 2.67. The van der Waals surface area contributed by atoms with Crippen LogP contribution in [0.3, 0.4) is 0 Å². The maximum Gasteiger partial charge on any atom is 0.173 e. The molecule has 124 valence electrons. The topological polar surface area (TPSA) is 81.3 Å². The minimum atomic E-state index is -0.0538. The van der Waals surface area contributed by atoms with Crippen LogP contribution in [0, 0.1) is 10.9 Å². The third-order valence-corrected chi connectivity index (χ3v) is 3.62. The third-order valence-electron chi connectivity index (χ3n) is 3.62. The second-order valence-electron chi connectivity index (χ2n) is 5.46. The molecule has 0 spiro atoms. The quantitative estimate of drug-likeness (QED) is 0.319. The monoisotopic (exact) mass is 330 g/mol. The van der Waals surface area contributed by atoms with Crippen molar-refractivity contribution in [1.82, 2.24) is 0 Å². The molecule has 3 aromatic rings. The zero-order chi connectivity index (χ0) is 17.5. The van der Waals surface area contributed by atoms with E-state index in [4.69, 9.17) is 15.7 Å². The van der Waals surface area contributed by atoms with E-state index >= 15 is 0 Å². The van der Waals surface area contributed by atoms with E-state index in [2.05, 4.69) is 10.4 Å². The Kier molecular flexibility index (Phi) is 5.16. The lowest BCUT2D eigenvalue weighted by atomic mass is 10.1. The summed E-state index contributed by atoms with van der Waals surface area (Å²) in [6, 6.07) is 24.9. The highest BCUT2D eigenvalue weighted by Gasteiger charge is 2.02. The van der Waals surface area contributed by atoms with Gasteiger partial charge < -0.3 is 10.1 Å². The lowest BCUT2D eigenvalue weighted by Gasteiger charge is -2.10. The molecular weight excluding hydrogens is 312 g/mol. The molecule has 0 aliphatic heterocycles. The van der Waals surface area contributed by atoms with E-state index < -0.39 is 0 Å². The molecule has 0 saturated carbocycles. The van der Waals surface area contributed by atoms with Crippen LogP contribution < -0.4 is 10.1 Å². The van der Waals surface area contributed by atoms with Crippen molar-refractivity contribution in [3.05, 3.63) is 90.0 Å². The summed E-state index contributed by atoms with van der Waals surface area (Å²) in [5.74, 6) is 1.54. The first-order chi connectivity index (χ1) is 12.2. The van der Waals surface area contributed by atoms with Gasteiger partial charge in [-0.15, -0.1) is 5.11 Å². The van der Waals surface area contributed by atoms with Crippen LogP contribution in [0.4, 0.5) is 5.69 Å². The van der Waals surface area contributed by atoms with Crippen molar-refractivity contribution < 1.29 is 4.74 Å². The second-order valence-corrected chi connectivity index (χ2v) is 5.46. The molecule has 0 atom stereocenters. The molecule has 0 bridgehead atoms. The van der Waals surface area contributed by atoms with Gasteiger partial charge in [-0.05, 0) is 42.0 Å². The molecule has 0 saturated heterocycles. The molecule has 3 N–H and O–H groups in total. The number of hydrogen-bond donors (Lipinski definition) is 3. The second kappa shape index (κ2) is 7.88. The average molecular weight is 330 g/mol. The van der Waals surface area contributed by atoms with Crippen LogP contribution in [0.25, 0.3) is 0 Å². The summed E-state index contributed by atoms with van der Waals surface area (Å²) in [6.07, 6.45) is 0. The summed E-state index contributed by atoms with van der Waals surface area (Å²) in [4.78, 5) is 0. The number of benzene rings is 3. The van der Waals surface area contributed by atoms with E-state index in [0.717, 1.165) is 22.7 Å². The van der Waals surface area contributed by atoms with Gasteiger partial charge in [-0.3, -0.25) is 5.41 Å². The van der Waals surface area contributed by atoms with Crippen molar-refractivity contribution in [2.75, 3.05) is 5.32 Å². The third kappa shape index (κ3) is 4.51. The SMILES string of the molecule is N=NC(=N)c1cccc(NCc2cccc(Oc3ccccc3)c2)c1. The van der Waals surface area contributed by atoms with Crippen LogP contribution >= 0.6 is 0 Å². The number of nitrogens with zero attached hydrogens (tertiary/aromatic N) is 1. The Morgan fingerprint density at radius 1 is 0.880 bits per heavy atom. The maximum atomic E-state index is 7.61. The normalized spacial score (nSPS) is 10.1. The van der Waals surface area contributed by atoms with Crippen molar-refractivity contribution in [3.63, 3.8) is 0 Å². The first kappa shape index (κ1) is 16.4. The number of nitrogens with one attached hydrogen (secondary N) is 3. The molecule has 3 rings (SSSR count). The lowest BCUT2D eigenvalue weighted by Crippen LogP contribution is -2.01. The fourth-order valence-corrected chi connectivity index (χ4v) is 2.39. The van der Waals surface area contributed by atoms with Gasteiger partial charge in [-0.25, -0.2) is 5.53 Å². The van der Waals surface area contributed by atoms with Gasteiger partial charge in [0.15, 0.2) is 5.84 Å². The summed E-state index contributed by atoms with van der Waals surface area (Å²) in [5.41, 5.74) is 9.50. The van der Waals surface area contributed by atoms with E-state index in [1.54, 1.807) is 6.07 Å². The van der Waals surface area contributed by atoms with Crippen LogP contribution in [-0.4, -0.2) is 5.84 Å². The Labute approximate surface area is 146 Å². The number of rotatable bonds is 6. The van der Waals surface area contributed by atoms with Gasteiger partial charge in [0.05, 0.1) is 0 Å². The number of amidine groups is 1. The van der Waals surface area contributed by atoms with Gasteiger partial charge in [0.1, 0.15) is 11.5 Å². The van der Waals surface area contributed by atoms with E-state index in [1.165, 1.54) is 0 Å². The number of para-hydroxylation sites is 1. The van der Waals surface area contributed by atoms with E-state index in [9.17, 15) is 0 Å². The largest absolute Gasteiger partial charge is 0.457 e. The Balaban J connectivity index is 1.67. The predicted octanol–water partition coefficient (Wildman–Crippen LogP) is 5.45. The van der Waals surface area contributed by atoms with Crippen LogP contribution in [0.2, 0.25) is 0 Å². The van der Waals surface area contributed by atoms with Gasteiger partial charge in [0, 0.05) is 17.8 Å². The zero-order valence-corrected chi connectivity index (χ0v) is 13.6. The van der Waals surface area contributed by atoms with E-state index in [0.29, 0.717) is 12.1 Å². The molecule has 5 heteroatoms. The first-order valence-corrected chi connectivity index (χ1v) is 7.87. The van der Waals surface area contributed by atoms with Crippen molar-refractivity contribution >= 4 is 11.5 Å². The Bertz CT molecular complexity index is 878. The number of anilines is 1. The summed E-state index contributed by atoms with van der Waals surface area (Å²) >= 11 is 0. The molecule has 0 aliphatic rings. The van der Waals surface area contributed by atoms with Gasteiger partial charge >= 0.3 is 0 Å². The van der Waals surface area contributed by atoms with Gasteiger partial charge in [-0.1, -0.05) is 42.5 Å². The molecule has 5 nitrogen and oxygen atoms in total. The van der Waals surface area contributed by atoms with Crippen molar-refractivity contribution in [2.24, 2.45) is 5.11 Å². The highest BCUT2D eigenvalue weighted by molar-refractivity contribution is 5.97. The maximum absolute atomic E-state index is 7.61. The molecule has 0 fully saturated rings. The molecule has 3 aromatic carbocycles. The van der Waals surface area contributed by atoms with Crippen molar-refractivity contribution in [3.8, 4) is 11.5 Å². The van der Waals surface area contributed by atoms with Gasteiger partial charge in [0.2, 0.25) is 0 Å². The minimum absolute atomic E-state index is 0.0538.